The number of nitrogen functional groups attached to an aromatic ring is 1. The topological polar surface area (TPSA) is 98.2 Å². The lowest BCUT2D eigenvalue weighted by molar-refractivity contribution is -0.384. The maximum Gasteiger partial charge on any atom is 0.329 e. The predicted octanol–water partition coefficient (Wildman–Crippen LogP) is 0.813. The van der Waals surface area contributed by atoms with Crippen molar-refractivity contribution in [2.45, 2.75) is 12.8 Å². The van der Waals surface area contributed by atoms with Gasteiger partial charge in [-0.05, 0) is 18.8 Å². The van der Waals surface area contributed by atoms with Gasteiger partial charge in [0.1, 0.15) is 6.20 Å². The smallest absolute Gasteiger partial charge is 0.329 e. The van der Waals surface area contributed by atoms with Gasteiger partial charge in [-0.2, -0.15) is 4.98 Å². The number of nitro groups is 1. The normalized spacial score (nSPS) is 14.8. The molecular formula is C9H13N5O2. The molecule has 1 saturated carbocycles. The molecule has 0 atom stereocenters. The standard InChI is InChI=1S/C9H13N5O2/c1-13(5-6-2-3-6)8-7(14(15)16)4-11-9(10)12-8/h4,6H,2-3,5H2,1H3,(H2,10,11,12). The van der Waals surface area contributed by atoms with E-state index in [1.54, 1.807) is 11.9 Å². The highest BCUT2D eigenvalue weighted by Gasteiger charge is 2.27. The summed E-state index contributed by atoms with van der Waals surface area (Å²) in [5.41, 5.74) is 5.34. The molecule has 86 valence electrons. The first-order chi connectivity index (χ1) is 7.58. The molecule has 1 aromatic heterocycles. The van der Waals surface area contributed by atoms with Crippen LogP contribution in [-0.2, 0) is 0 Å². The van der Waals surface area contributed by atoms with Gasteiger partial charge in [0.25, 0.3) is 0 Å². The summed E-state index contributed by atoms with van der Waals surface area (Å²) in [5, 5.41) is 10.8. The molecule has 2 rings (SSSR count). The van der Waals surface area contributed by atoms with Crippen LogP contribution in [0.1, 0.15) is 12.8 Å². The summed E-state index contributed by atoms with van der Waals surface area (Å²) >= 11 is 0. The second-order valence-electron chi connectivity index (χ2n) is 4.02. The summed E-state index contributed by atoms with van der Waals surface area (Å²) in [7, 11) is 1.78. The summed E-state index contributed by atoms with van der Waals surface area (Å²) in [6.45, 7) is 0.775. The van der Waals surface area contributed by atoms with Crippen LogP contribution in [0.25, 0.3) is 0 Å². The van der Waals surface area contributed by atoms with E-state index in [-0.39, 0.29) is 11.6 Å². The van der Waals surface area contributed by atoms with E-state index in [2.05, 4.69) is 9.97 Å². The molecule has 0 aromatic carbocycles. The van der Waals surface area contributed by atoms with Crippen molar-refractivity contribution in [3.05, 3.63) is 16.3 Å². The first-order valence-electron chi connectivity index (χ1n) is 5.06. The molecule has 1 aromatic rings. The van der Waals surface area contributed by atoms with Crippen molar-refractivity contribution in [1.29, 1.82) is 0 Å². The van der Waals surface area contributed by atoms with Crippen LogP contribution in [-0.4, -0.2) is 28.5 Å². The van der Waals surface area contributed by atoms with Gasteiger partial charge in [-0.1, -0.05) is 0 Å². The number of hydrogen-bond donors (Lipinski definition) is 1. The number of rotatable bonds is 4. The van der Waals surface area contributed by atoms with Gasteiger partial charge in [-0.25, -0.2) is 4.98 Å². The zero-order valence-corrected chi connectivity index (χ0v) is 8.96. The Morgan fingerprint density at radius 3 is 2.94 bits per heavy atom. The Morgan fingerprint density at radius 2 is 2.38 bits per heavy atom. The van der Waals surface area contributed by atoms with E-state index in [9.17, 15) is 10.1 Å². The third-order valence-electron chi connectivity index (χ3n) is 2.56. The van der Waals surface area contributed by atoms with Crippen molar-refractivity contribution in [3.63, 3.8) is 0 Å². The highest BCUT2D eigenvalue weighted by Crippen LogP contribution is 2.32. The van der Waals surface area contributed by atoms with E-state index in [1.807, 2.05) is 0 Å². The molecule has 16 heavy (non-hydrogen) atoms. The van der Waals surface area contributed by atoms with Crippen LogP contribution >= 0.6 is 0 Å². The molecule has 0 spiro atoms. The van der Waals surface area contributed by atoms with E-state index in [4.69, 9.17) is 5.73 Å². The minimum atomic E-state index is -0.488. The molecular weight excluding hydrogens is 210 g/mol. The Labute approximate surface area is 92.4 Å². The second kappa shape index (κ2) is 3.92. The SMILES string of the molecule is CN(CC1CC1)c1nc(N)ncc1[N+](=O)[O-]. The molecule has 2 N–H and O–H groups in total. The predicted molar refractivity (Wildman–Crippen MR) is 59.1 cm³/mol. The van der Waals surface area contributed by atoms with E-state index in [0.29, 0.717) is 11.7 Å². The van der Waals surface area contributed by atoms with Crippen LogP contribution in [0.15, 0.2) is 6.20 Å². The van der Waals surface area contributed by atoms with Crippen LogP contribution in [0.4, 0.5) is 17.5 Å². The Bertz CT molecular complexity index is 418. The summed E-state index contributed by atoms with van der Waals surface area (Å²) in [4.78, 5) is 19.6. The van der Waals surface area contributed by atoms with E-state index < -0.39 is 4.92 Å². The largest absolute Gasteiger partial charge is 0.368 e. The zero-order chi connectivity index (χ0) is 11.7. The molecule has 0 amide bonds. The maximum absolute atomic E-state index is 10.8. The van der Waals surface area contributed by atoms with Gasteiger partial charge in [-0.3, -0.25) is 10.1 Å². The number of anilines is 2. The van der Waals surface area contributed by atoms with E-state index >= 15 is 0 Å². The third kappa shape index (κ3) is 2.18. The monoisotopic (exact) mass is 223 g/mol. The van der Waals surface area contributed by atoms with Gasteiger partial charge >= 0.3 is 5.69 Å². The lowest BCUT2D eigenvalue weighted by atomic mass is 10.3. The number of hydrogen-bond acceptors (Lipinski definition) is 6. The van der Waals surface area contributed by atoms with Crippen molar-refractivity contribution in [2.24, 2.45) is 5.92 Å². The molecule has 0 radical (unpaired) electrons. The van der Waals surface area contributed by atoms with Crippen molar-refractivity contribution in [2.75, 3.05) is 24.2 Å². The summed E-state index contributed by atoms with van der Waals surface area (Å²) in [6.07, 6.45) is 3.51. The van der Waals surface area contributed by atoms with Crippen molar-refractivity contribution in [1.82, 2.24) is 9.97 Å². The molecule has 0 aliphatic heterocycles. The van der Waals surface area contributed by atoms with Gasteiger partial charge in [0.05, 0.1) is 4.92 Å². The molecule has 0 saturated heterocycles. The molecule has 1 aliphatic carbocycles. The highest BCUT2D eigenvalue weighted by atomic mass is 16.6. The third-order valence-corrected chi connectivity index (χ3v) is 2.56. The number of nitrogens with zero attached hydrogens (tertiary/aromatic N) is 4. The molecule has 1 fully saturated rings. The number of nitrogens with two attached hydrogens (primary N) is 1. The molecule has 0 unspecified atom stereocenters. The Morgan fingerprint density at radius 1 is 1.69 bits per heavy atom. The van der Waals surface area contributed by atoms with Crippen LogP contribution in [0, 0.1) is 16.0 Å². The second-order valence-corrected chi connectivity index (χ2v) is 4.02. The van der Waals surface area contributed by atoms with Gasteiger partial charge in [0.2, 0.25) is 11.8 Å². The van der Waals surface area contributed by atoms with Crippen LogP contribution in [0.2, 0.25) is 0 Å². The highest BCUT2D eigenvalue weighted by molar-refractivity contribution is 5.57. The fourth-order valence-electron chi connectivity index (χ4n) is 1.56. The molecule has 0 bridgehead atoms. The first kappa shape index (κ1) is 10.6. The first-order valence-corrected chi connectivity index (χ1v) is 5.06. The van der Waals surface area contributed by atoms with Crippen molar-refractivity contribution < 1.29 is 4.92 Å². The van der Waals surface area contributed by atoms with Crippen LogP contribution < -0.4 is 10.6 Å². The molecule has 1 heterocycles. The Balaban J connectivity index is 2.27. The van der Waals surface area contributed by atoms with Crippen molar-refractivity contribution in [3.8, 4) is 0 Å². The molecule has 1 aliphatic rings. The minimum Gasteiger partial charge on any atom is -0.368 e. The fraction of sp³-hybridized carbons (Fsp3) is 0.556. The Hall–Kier alpha value is -1.92. The summed E-state index contributed by atoms with van der Waals surface area (Å²) in [6, 6.07) is 0. The maximum atomic E-state index is 10.8. The average molecular weight is 223 g/mol. The minimum absolute atomic E-state index is 0.0586. The fourth-order valence-corrected chi connectivity index (χ4v) is 1.56. The number of aromatic nitrogens is 2. The van der Waals surface area contributed by atoms with Gasteiger partial charge in [-0.15, -0.1) is 0 Å². The summed E-state index contributed by atoms with van der Waals surface area (Å²) in [5.74, 6) is 0.980. The van der Waals surface area contributed by atoms with Gasteiger partial charge < -0.3 is 10.6 Å². The van der Waals surface area contributed by atoms with Crippen LogP contribution in [0.3, 0.4) is 0 Å². The lowest BCUT2D eigenvalue weighted by Crippen LogP contribution is -2.22. The quantitative estimate of drug-likeness (QED) is 0.599. The van der Waals surface area contributed by atoms with Crippen LogP contribution in [0.5, 0.6) is 0 Å². The zero-order valence-electron chi connectivity index (χ0n) is 8.96. The summed E-state index contributed by atoms with van der Waals surface area (Å²) < 4.78 is 0. The Kier molecular flexibility index (Phi) is 2.59. The van der Waals surface area contributed by atoms with Gasteiger partial charge in [0, 0.05) is 13.6 Å². The van der Waals surface area contributed by atoms with Gasteiger partial charge in [0.15, 0.2) is 0 Å². The lowest BCUT2D eigenvalue weighted by Gasteiger charge is -2.17. The average Bonchev–Trinajstić information content (AvgIpc) is 3.01. The van der Waals surface area contributed by atoms with Crippen molar-refractivity contribution >= 4 is 17.5 Å². The molecule has 7 nitrogen and oxygen atoms in total. The molecule has 7 heteroatoms. The van der Waals surface area contributed by atoms with E-state index in [0.717, 1.165) is 12.7 Å². The van der Waals surface area contributed by atoms with E-state index in [1.165, 1.54) is 12.8 Å².